The van der Waals surface area contributed by atoms with Crippen molar-refractivity contribution in [2.45, 2.75) is 26.3 Å². The topological polar surface area (TPSA) is 64.1 Å². The van der Waals surface area contributed by atoms with Gasteiger partial charge in [-0.25, -0.2) is 4.79 Å². The Hall–Kier alpha value is -1.30. The van der Waals surface area contributed by atoms with Crippen molar-refractivity contribution in [2.75, 3.05) is 39.3 Å². The minimum atomic E-state index is -0.804. The number of likely N-dealkylation sites (tertiary alicyclic amines) is 1. The van der Waals surface area contributed by atoms with E-state index in [1.165, 1.54) is 0 Å². The molecule has 2 aliphatic rings. The van der Waals surface area contributed by atoms with Gasteiger partial charge in [-0.15, -0.1) is 0 Å². The molecule has 6 heteroatoms. The van der Waals surface area contributed by atoms with Crippen molar-refractivity contribution >= 4 is 12.0 Å². The maximum Gasteiger partial charge on any atom is 0.320 e. The van der Waals surface area contributed by atoms with Gasteiger partial charge in [-0.1, -0.05) is 6.92 Å². The third-order valence-electron chi connectivity index (χ3n) is 4.03. The third kappa shape index (κ3) is 3.37. The number of rotatable bonds is 2. The molecule has 1 N–H and O–H groups in total. The molecule has 19 heavy (non-hydrogen) atoms. The SMILES string of the molecule is CC1CC(C)N(C(=O)N2CCN(CC(=O)O)CC2)C1. The van der Waals surface area contributed by atoms with Crippen LogP contribution >= 0.6 is 0 Å². The number of urea groups is 1. The van der Waals surface area contributed by atoms with E-state index in [2.05, 4.69) is 13.8 Å². The summed E-state index contributed by atoms with van der Waals surface area (Å²) in [5, 5.41) is 8.75. The van der Waals surface area contributed by atoms with Gasteiger partial charge < -0.3 is 14.9 Å². The molecule has 2 fully saturated rings. The number of carboxylic acid groups (broad SMARTS) is 1. The van der Waals surface area contributed by atoms with Crippen LogP contribution in [0.5, 0.6) is 0 Å². The molecule has 2 amide bonds. The summed E-state index contributed by atoms with van der Waals surface area (Å²) in [6.45, 7) is 7.74. The number of nitrogens with zero attached hydrogens (tertiary/aromatic N) is 3. The van der Waals surface area contributed by atoms with Gasteiger partial charge >= 0.3 is 12.0 Å². The minimum absolute atomic E-state index is 0.0686. The van der Waals surface area contributed by atoms with Crippen LogP contribution in [0.2, 0.25) is 0 Å². The Labute approximate surface area is 114 Å². The summed E-state index contributed by atoms with van der Waals surface area (Å²) in [5.41, 5.74) is 0. The molecular formula is C13H23N3O3. The zero-order valence-electron chi connectivity index (χ0n) is 11.7. The van der Waals surface area contributed by atoms with Crippen LogP contribution in [0, 0.1) is 5.92 Å². The number of carbonyl (C=O) groups excluding carboxylic acids is 1. The summed E-state index contributed by atoms with van der Waals surface area (Å²) in [5.74, 6) is -0.228. The molecule has 108 valence electrons. The fraction of sp³-hybridized carbons (Fsp3) is 0.846. The van der Waals surface area contributed by atoms with Crippen molar-refractivity contribution < 1.29 is 14.7 Å². The van der Waals surface area contributed by atoms with Gasteiger partial charge in [0, 0.05) is 38.8 Å². The zero-order chi connectivity index (χ0) is 14.0. The van der Waals surface area contributed by atoms with Gasteiger partial charge in [-0.3, -0.25) is 9.69 Å². The fourth-order valence-electron chi connectivity index (χ4n) is 3.04. The summed E-state index contributed by atoms with van der Waals surface area (Å²) >= 11 is 0. The first-order valence-electron chi connectivity index (χ1n) is 6.97. The first-order valence-corrected chi connectivity index (χ1v) is 6.97. The Morgan fingerprint density at radius 1 is 1.16 bits per heavy atom. The molecule has 0 saturated carbocycles. The lowest BCUT2D eigenvalue weighted by Gasteiger charge is -2.37. The molecule has 0 aromatic carbocycles. The van der Waals surface area contributed by atoms with Gasteiger partial charge in [-0.05, 0) is 19.3 Å². The van der Waals surface area contributed by atoms with Gasteiger partial charge in [-0.2, -0.15) is 0 Å². The van der Waals surface area contributed by atoms with Gasteiger partial charge in [0.25, 0.3) is 0 Å². The Balaban J connectivity index is 1.84. The minimum Gasteiger partial charge on any atom is -0.480 e. The predicted octanol–water partition coefficient (Wildman–Crippen LogP) is 0.539. The number of amides is 2. The van der Waals surface area contributed by atoms with E-state index in [0.717, 1.165) is 13.0 Å². The van der Waals surface area contributed by atoms with E-state index in [1.807, 2.05) is 14.7 Å². The lowest BCUT2D eigenvalue weighted by molar-refractivity contribution is -0.138. The lowest BCUT2D eigenvalue weighted by Crippen LogP contribution is -2.54. The fourth-order valence-corrected chi connectivity index (χ4v) is 3.04. The molecule has 2 heterocycles. The number of aliphatic carboxylic acids is 1. The van der Waals surface area contributed by atoms with Crippen LogP contribution in [0.25, 0.3) is 0 Å². The Morgan fingerprint density at radius 3 is 2.26 bits per heavy atom. The second-order valence-electron chi connectivity index (χ2n) is 5.78. The summed E-state index contributed by atoms with van der Waals surface area (Å²) < 4.78 is 0. The van der Waals surface area contributed by atoms with E-state index in [0.29, 0.717) is 38.1 Å². The molecule has 2 saturated heterocycles. The van der Waals surface area contributed by atoms with Crippen LogP contribution in [0.1, 0.15) is 20.3 Å². The normalized spacial score (nSPS) is 28.7. The molecule has 0 aromatic heterocycles. The van der Waals surface area contributed by atoms with Crippen LogP contribution in [0.15, 0.2) is 0 Å². The summed E-state index contributed by atoms with van der Waals surface area (Å²) in [6, 6.07) is 0.436. The molecule has 2 aliphatic heterocycles. The first-order chi connectivity index (χ1) is 8.97. The second-order valence-corrected chi connectivity index (χ2v) is 5.78. The molecular weight excluding hydrogens is 246 g/mol. The Bertz CT molecular complexity index is 353. The number of carbonyl (C=O) groups is 2. The van der Waals surface area contributed by atoms with E-state index in [1.54, 1.807) is 0 Å². The number of hydrogen-bond donors (Lipinski definition) is 1. The monoisotopic (exact) mass is 269 g/mol. The largest absolute Gasteiger partial charge is 0.480 e. The zero-order valence-corrected chi connectivity index (χ0v) is 11.7. The van der Waals surface area contributed by atoms with E-state index in [-0.39, 0.29) is 12.6 Å². The molecule has 0 spiro atoms. The Morgan fingerprint density at radius 2 is 1.79 bits per heavy atom. The van der Waals surface area contributed by atoms with Crippen LogP contribution in [-0.2, 0) is 4.79 Å². The smallest absolute Gasteiger partial charge is 0.320 e. The van der Waals surface area contributed by atoms with Gasteiger partial charge in [0.1, 0.15) is 0 Å². The highest BCUT2D eigenvalue weighted by atomic mass is 16.4. The standard InChI is InChI=1S/C13H23N3O3/c1-10-7-11(2)16(8-10)13(19)15-5-3-14(4-6-15)9-12(17)18/h10-11H,3-9H2,1-2H3,(H,17,18). The van der Waals surface area contributed by atoms with Crippen molar-refractivity contribution in [2.24, 2.45) is 5.92 Å². The maximum atomic E-state index is 12.4. The predicted molar refractivity (Wildman–Crippen MR) is 71.0 cm³/mol. The van der Waals surface area contributed by atoms with Crippen LogP contribution < -0.4 is 0 Å². The van der Waals surface area contributed by atoms with Gasteiger partial charge in [0.2, 0.25) is 0 Å². The first kappa shape index (κ1) is 14.1. The highest BCUT2D eigenvalue weighted by Crippen LogP contribution is 2.23. The molecule has 6 nitrogen and oxygen atoms in total. The quantitative estimate of drug-likeness (QED) is 0.794. The Kier molecular flexibility index (Phi) is 4.29. The van der Waals surface area contributed by atoms with E-state index in [9.17, 15) is 9.59 Å². The third-order valence-corrected chi connectivity index (χ3v) is 4.03. The van der Waals surface area contributed by atoms with E-state index in [4.69, 9.17) is 5.11 Å². The van der Waals surface area contributed by atoms with E-state index < -0.39 is 5.97 Å². The van der Waals surface area contributed by atoms with E-state index >= 15 is 0 Å². The van der Waals surface area contributed by atoms with Crippen LogP contribution in [0.3, 0.4) is 0 Å². The van der Waals surface area contributed by atoms with Crippen LogP contribution in [0.4, 0.5) is 4.79 Å². The second kappa shape index (κ2) is 5.77. The molecule has 0 radical (unpaired) electrons. The van der Waals surface area contributed by atoms with Crippen molar-refractivity contribution in [3.8, 4) is 0 Å². The number of carboxylic acids is 1. The van der Waals surface area contributed by atoms with Crippen LogP contribution in [-0.4, -0.2) is 77.1 Å². The highest BCUT2D eigenvalue weighted by Gasteiger charge is 2.33. The molecule has 2 unspecified atom stereocenters. The highest BCUT2D eigenvalue weighted by molar-refractivity contribution is 5.75. The van der Waals surface area contributed by atoms with Gasteiger partial charge in [0.05, 0.1) is 6.54 Å². The molecule has 2 rings (SSSR count). The molecule has 2 atom stereocenters. The number of hydrogen-bond acceptors (Lipinski definition) is 3. The van der Waals surface area contributed by atoms with Crippen molar-refractivity contribution in [1.29, 1.82) is 0 Å². The average Bonchev–Trinajstić information content (AvgIpc) is 2.68. The summed E-state index contributed by atoms with van der Waals surface area (Å²) in [4.78, 5) is 28.7. The summed E-state index contributed by atoms with van der Waals surface area (Å²) in [7, 11) is 0. The molecule has 0 bridgehead atoms. The van der Waals surface area contributed by atoms with Crippen molar-refractivity contribution in [3.63, 3.8) is 0 Å². The van der Waals surface area contributed by atoms with Gasteiger partial charge in [0.15, 0.2) is 0 Å². The number of piperazine rings is 1. The molecule has 0 aromatic rings. The summed E-state index contributed by atoms with van der Waals surface area (Å²) in [6.07, 6.45) is 1.07. The lowest BCUT2D eigenvalue weighted by atomic mass is 10.1. The van der Waals surface area contributed by atoms with Crippen molar-refractivity contribution in [3.05, 3.63) is 0 Å². The average molecular weight is 269 g/mol. The maximum absolute atomic E-state index is 12.4. The molecule has 0 aliphatic carbocycles. The van der Waals surface area contributed by atoms with Crippen molar-refractivity contribution in [1.82, 2.24) is 14.7 Å².